The van der Waals surface area contributed by atoms with Gasteiger partial charge in [0.25, 0.3) is 5.56 Å². The fraction of sp³-hybridized carbons (Fsp3) is 0.393. The van der Waals surface area contributed by atoms with Crippen LogP contribution in [0.1, 0.15) is 29.5 Å². The summed E-state index contributed by atoms with van der Waals surface area (Å²) in [6.07, 6.45) is 1.29. The molecule has 0 amide bonds. The number of aromatic nitrogens is 4. The van der Waals surface area contributed by atoms with Gasteiger partial charge in [0.05, 0.1) is 13.1 Å². The number of aliphatic hydroxyl groups is 1. The minimum atomic E-state index is -0.403. The first-order valence-electron chi connectivity index (χ1n) is 13.0. The van der Waals surface area contributed by atoms with Crippen molar-refractivity contribution >= 4 is 17.1 Å². The molecule has 2 N–H and O–H groups in total. The minimum Gasteiger partial charge on any atom is -0.396 e. The van der Waals surface area contributed by atoms with Gasteiger partial charge in [-0.15, -0.1) is 0 Å². The number of hydrogen-bond acceptors (Lipinski definition) is 6. The lowest BCUT2D eigenvalue weighted by Gasteiger charge is -2.22. The van der Waals surface area contributed by atoms with Gasteiger partial charge in [-0.25, -0.2) is 4.79 Å². The highest BCUT2D eigenvalue weighted by Crippen LogP contribution is 2.24. The number of rotatable bonds is 8. The molecule has 0 spiro atoms. The summed E-state index contributed by atoms with van der Waals surface area (Å²) in [4.78, 5) is 34.8. The molecule has 5 rings (SSSR count). The topological polar surface area (TPSA) is 97.3 Å². The molecule has 0 radical (unpaired) electrons. The van der Waals surface area contributed by atoms with Gasteiger partial charge in [-0.3, -0.25) is 18.5 Å². The Morgan fingerprint density at radius 2 is 1.70 bits per heavy atom. The third-order valence-corrected chi connectivity index (χ3v) is 7.03. The van der Waals surface area contributed by atoms with Crippen molar-refractivity contribution in [3.63, 3.8) is 0 Å². The van der Waals surface area contributed by atoms with Crippen molar-refractivity contribution in [2.45, 2.75) is 39.4 Å². The van der Waals surface area contributed by atoms with Gasteiger partial charge in [0, 0.05) is 32.8 Å². The van der Waals surface area contributed by atoms with Crippen molar-refractivity contribution in [1.82, 2.24) is 24.0 Å². The molecule has 1 aliphatic heterocycles. The molecule has 0 saturated carbocycles. The summed E-state index contributed by atoms with van der Waals surface area (Å²) in [5, 5.41) is 12.9. The molecule has 2 aromatic carbocycles. The first kappa shape index (κ1) is 25.0. The van der Waals surface area contributed by atoms with E-state index in [0.29, 0.717) is 36.6 Å². The lowest BCUT2D eigenvalue weighted by Crippen LogP contribution is -2.41. The number of imidazole rings is 1. The fourth-order valence-corrected chi connectivity index (χ4v) is 5.01. The molecule has 1 aliphatic rings. The number of anilines is 1. The summed E-state index contributed by atoms with van der Waals surface area (Å²) in [6.45, 7) is 6.22. The van der Waals surface area contributed by atoms with Crippen LogP contribution in [0.3, 0.4) is 0 Å². The van der Waals surface area contributed by atoms with Gasteiger partial charge in [-0.05, 0) is 43.0 Å². The molecule has 3 heterocycles. The Balaban J connectivity index is 1.78. The molecule has 9 heteroatoms. The minimum absolute atomic E-state index is 0.100. The van der Waals surface area contributed by atoms with Gasteiger partial charge in [-0.1, -0.05) is 54.6 Å². The van der Waals surface area contributed by atoms with Gasteiger partial charge in [0.1, 0.15) is 0 Å². The van der Waals surface area contributed by atoms with Gasteiger partial charge < -0.3 is 15.3 Å². The smallest absolute Gasteiger partial charge is 0.333 e. The lowest BCUT2D eigenvalue weighted by atomic mass is 10.1. The Morgan fingerprint density at radius 3 is 2.49 bits per heavy atom. The predicted octanol–water partition coefficient (Wildman–Crippen LogP) is 1.95. The van der Waals surface area contributed by atoms with Crippen LogP contribution >= 0.6 is 0 Å². The first-order chi connectivity index (χ1) is 18.1. The summed E-state index contributed by atoms with van der Waals surface area (Å²) in [6, 6.07) is 17.9. The quantitative estimate of drug-likeness (QED) is 0.382. The normalized spacial score (nSPS) is 14.3. The molecule has 2 aromatic heterocycles. The zero-order chi connectivity index (χ0) is 25.8. The zero-order valence-electron chi connectivity index (χ0n) is 21.3. The van der Waals surface area contributed by atoms with Crippen LogP contribution in [0.4, 0.5) is 5.95 Å². The van der Waals surface area contributed by atoms with E-state index in [1.54, 1.807) is 4.57 Å². The SMILES string of the molecule is Cc1ccccc1Cn1c(N2CCCNCC2)nc2c1c(=O)n(CCCO)c(=O)n2Cc1ccccc1. The van der Waals surface area contributed by atoms with E-state index in [-0.39, 0.29) is 18.7 Å². The van der Waals surface area contributed by atoms with Gasteiger partial charge in [0.15, 0.2) is 11.2 Å². The molecule has 194 valence electrons. The summed E-state index contributed by atoms with van der Waals surface area (Å²) >= 11 is 0. The second-order valence-corrected chi connectivity index (χ2v) is 9.58. The molecule has 0 unspecified atom stereocenters. The van der Waals surface area contributed by atoms with E-state index in [9.17, 15) is 14.7 Å². The van der Waals surface area contributed by atoms with Crippen molar-refractivity contribution in [3.05, 3.63) is 92.1 Å². The molecule has 0 atom stereocenters. The fourth-order valence-electron chi connectivity index (χ4n) is 5.01. The molecule has 9 nitrogen and oxygen atoms in total. The largest absolute Gasteiger partial charge is 0.396 e. The van der Waals surface area contributed by atoms with Crippen LogP contribution in [0.15, 0.2) is 64.2 Å². The molecule has 37 heavy (non-hydrogen) atoms. The van der Waals surface area contributed by atoms with Crippen molar-refractivity contribution in [2.75, 3.05) is 37.7 Å². The number of aryl methyl sites for hydroxylation is 1. The van der Waals surface area contributed by atoms with Crippen LogP contribution in [0.2, 0.25) is 0 Å². The summed E-state index contributed by atoms with van der Waals surface area (Å²) in [5.74, 6) is 0.708. The lowest BCUT2D eigenvalue weighted by molar-refractivity contribution is 0.277. The Bertz CT molecular complexity index is 1480. The highest BCUT2D eigenvalue weighted by atomic mass is 16.3. The highest BCUT2D eigenvalue weighted by Gasteiger charge is 2.25. The Kier molecular flexibility index (Phi) is 7.52. The Morgan fingerprint density at radius 1 is 0.919 bits per heavy atom. The Labute approximate surface area is 215 Å². The van der Waals surface area contributed by atoms with E-state index in [2.05, 4.69) is 29.3 Å². The first-order valence-corrected chi connectivity index (χ1v) is 13.0. The van der Waals surface area contributed by atoms with Crippen molar-refractivity contribution in [2.24, 2.45) is 0 Å². The predicted molar refractivity (Wildman–Crippen MR) is 145 cm³/mol. The number of aliphatic hydroxyl groups excluding tert-OH is 1. The van der Waals surface area contributed by atoms with Gasteiger partial charge in [-0.2, -0.15) is 4.98 Å². The van der Waals surface area contributed by atoms with Gasteiger partial charge in [0.2, 0.25) is 5.95 Å². The van der Waals surface area contributed by atoms with Crippen LogP contribution < -0.4 is 21.5 Å². The third-order valence-electron chi connectivity index (χ3n) is 7.03. The van der Waals surface area contributed by atoms with Crippen molar-refractivity contribution in [1.29, 1.82) is 0 Å². The number of nitrogens with one attached hydrogen (secondary N) is 1. The van der Waals surface area contributed by atoms with Crippen LogP contribution in [0.25, 0.3) is 11.2 Å². The summed E-state index contributed by atoms with van der Waals surface area (Å²) < 4.78 is 4.85. The van der Waals surface area contributed by atoms with Crippen LogP contribution in [0, 0.1) is 6.92 Å². The van der Waals surface area contributed by atoms with Crippen LogP contribution in [-0.2, 0) is 19.6 Å². The molecule has 1 saturated heterocycles. The number of benzene rings is 2. The monoisotopic (exact) mass is 502 g/mol. The average molecular weight is 503 g/mol. The second kappa shape index (κ2) is 11.1. The van der Waals surface area contributed by atoms with E-state index in [4.69, 9.17) is 4.98 Å². The van der Waals surface area contributed by atoms with Crippen LogP contribution in [-0.4, -0.2) is 56.6 Å². The van der Waals surface area contributed by atoms with E-state index in [1.165, 1.54) is 4.57 Å². The molecule has 4 aromatic rings. The maximum absolute atomic E-state index is 13.9. The van der Waals surface area contributed by atoms with Crippen molar-refractivity contribution < 1.29 is 5.11 Å². The van der Waals surface area contributed by atoms with Gasteiger partial charge >= 0.3 is 5.69 Å². The summed E-state index contributed by atoms with van der Waals surface area (Å²) in [7, 11) is 0. The van der Waals surface area contributed by atoms with Crippen molar-refractivity contribution in [3.8, 4) is 0 Å². The van der Waals surface area contributed by atoms with E-state index >= 15 is 0 Å². The standard InChI is InChI=1S/C28H34N6O3/c1-21-9-5-6-12-23(21)20-33-24-25(30-27(33)31-15-7-13-29-14-17-31)34(19-22-10-3-2-4-11-22)28(37)32(26(24)36)16-8-18-35/h2-6,9-12,29,35H,7-8,13-20H2,1H3. The average Bonchev–Trinajstić information content (AvgIpc) is 3.08. The highest BCUT2D eigenvalue weighted by molar-refractivity contribution is 5.75. The second-order valence-electron chi connectivity index (χ2n) is 9.58. The summed E-state index contributed by atoms with van der Waals surface area (Å²) in [5.41, 5.74) is 3.23. The zero-order valence-corrected chi connectivity index (χ0v) is 21.3. The van der Waals surface area contributed by atoms with E-state index < -0.39 is 5.69 Å². The number of nitrogens with zero attached hydrogens (tertiary/aromatic N) is 5. The molecular weight excluding hydrogens is 468 g/mol. The third kappa shape index (κ3) is 5.10. The number of hydrogen-bond donors (Lipinski definition) is 2. The van der Waals surface area contributed by atoms with E-state index in [0.717, 1.165) is 49.3 Å². The molecule has 0 bridgehead atoms. The van der Waals surface area contributed by atoms with Crippen LogP contribution in [0.5, 0.6) is 0 Å². The molecule has 0 aliphatic carbocycles. The Hall–Kier alpha value is -3.69. The van der Waals surface area contributed by atoms with E-state index in [1.807, 2.05) is 47.0 Å². The molecular formula is C28H34N6O3. The maximum Gasteiger partial charge on any atom is 0.333 e. The maximum atomic E-state index is 13.9. The molecule has 1 fully saturated rings. The number of fused-ring (bicyclic) bond motifs is 1.